The van der Waals surface area contributed by atoms with Crippen LogP contribution in [-0.2, 0) is 0 Å². The Labute approximate surface area is 107 Å². The average Bonchev–Trinajstić information content (AvgIpc) is 2.14. The zero-order valence-corrected chi connectivity index (χ0v) is 9.50. The summed E-state index contributed by atoms with van der Waals surface area (Å²) in [6.07, 6.45) is 0. The molecule has 0 aromatic heterocycles. The zero-order valence-electron chi connectivity index (χ0n) is 7.99. The van der Waals surface area contributed by atoms with Crippen LogP contribution in [0.5, 0.6) is 0 Å². The maximum atomic E-state index is 12.6. The molecule has 0 nitrogen and oxygen atoms in total. The second kappa shape index (κ2) is 4.68. The van der Waals surface area contributed by atoms with Crippen LogP contribution in [0.15, 0.2) is 0 Å². The van der Waals surface area contributed by atoms with Crippen molar-refractivity contribution in [3.8, 4) is 0 Å². The monoisotopic (exact) mass is 352 g/mol. The molecule has 116 valence electrons. The molecular formula is C6HCl2F11. The SMILES string of the molecule is FC(Cl)C(F)(F)C(F)(F)C(F)(F)C(F)(F)C(F)(F)Cl. The molecule has 0 saturated carbocycles. The second-order valence-corrected chi connectivity index (χ2v) is 4.00. The van der Waals surface area contributed by atoms with E-state index in [0.29, 0.717) is 0 Å². The summed E-state index contributed by atoms with van der Waals surface area (Å²) in [7, 11) is 0. The predicted octanol–water partition coefficient (Wildman–Crippen LogP) is 4.89. The van der Waals surface area contributed by atoms with Gasteiger partial charge in [-0.15, -0.1) is 0 Å². The Bertz CT molecular complexity index is 331. The van der Waals surface area contributed by atoms with Gasteiger partial charge in [0.05, 0.1) is 0 Å². The summed E-state index contributed by atoms with van der Waals surface area (Å²) in [6, 6.07) is 0. The first-order valence-corrected chi connectivity index (χ1v) is 4.62. The molecule has 0 radical (unpaired) electrons. The number of hydrogen-bond donors (Lipinski definition) is 0. The fraction of sp³-hybridized carbons (Fsp3) is 1.00. The van der Waals surface area contributed by atoms with Gasteiger partial charge in [-0.1, -0.05) is 11.6 Å². The van der Waals surface area contributed by atoms with E-state index in [1.807, 2.05) is 0 Å². The molecule has 0 rings (SSSR count). The van der Waals surface area contributed by atoms with Crippen molar-refractivity contribution in [1.82, 2.24) is 0 Å². The number of hydrogen-bond acceptors (Lipinski definition) is 0. The van der Waals surface area contributed by atoms with Crippen molar-refractivity contribution in [2.24, 2.45) is 0 Å². The molecule has 13 heteroatoms. The van der Waals surface area contributed by atoms with E-state index in [2.05, 4.69) is 23.2 Å². The molecule has 0 fully saturated rings. The summed E-state index contributed by atoms with van der Waals surface area (Å²) in [5.41, 5.74) is -4.53. The Morgan fingerprint density at radius 3 is 1.16 bits per heavy atom. The van der Waals surface area contributed by atoms with Crippen LogP contribution in [0.4, 0.5) is 48.3 Å². The Hall–Kier alpha value is -0.190. The van der Waals surface area contributed by atoms with Crippen LogP contribution < -0.4 is 0 Å². The van der Waals surface area contributed by atoms with E-state index in [9.17, 15) is 48.3 Å². The van der Waals surface area contributed by atoms with Crippen LogP contribution in [0.2, 0.25) is 0 Å². The van der Waals surface area contributed by atoms with Crippen LogP contribution in [-0.4, -0.2) is 34.7 Å². The lowest BCUT2D eigenvalue weighted by atomic mass is 9.99. The number of rotatable bonds is 5. The van der Waals surface area contributed by atoms with E-state index in [0.717, 1.165) is 0 Å². The summed E-state index contributed by atoms with van der Waals surface area (Å²) in [5.74, 6) is -28.3. The Morgan fingerprint density at radius 2 is 0.947 bits per heavy atom. The molecule has 0 aliphatic heterocycles. The lowest BCUT2D eigenvalue weighted by molar-refractivity contribution is -0.392. The predicted molar refractivity (Wildman–Crippen MR) is 41.3 cm³/mol. The minimum Gasteiger partial charge on any atom is -0.223 e. The van der Waals surface area contributed by atoms with Crippen molar-refractivity contribution >= 4 is 23.2 Å². The van der Waals surface area contributed by atoms with Gasteiger partial charge >= 0.3 is 29.1 Å². The van der Waals surface area contributed by atoms with Gasteiger partial charge in [-0.2, -0.15) is 43.9 Å². The smallest absolute Gasteiger partial charge is 0.223 e. The summed E-state index contributed by atoms with van der Waals surface area (Å²) < 4.78 is 136. The third kappa shape index (κ3) is 2.55. The van der Waals surface area contributed by atoms with Gasteiger partial charge in [0, 0.05) is 0 Å². The van der Waals surface area contributed by atoms with Gasteiger partial charge in [-0.3, -0.25) is 0 Å². The highest BCUT2D eigenvalue weighted by Crippen LogP contribution is 2.59. The number of alkyl halides is 13. The molecule has 0 aromatic carbocycles. The lowest BCUT2D eigenvalue weighted by Crippen LogP contribution is -2.67. The van der Waals surface area contributed by atoms with Crippen molar-refractivity contribution in [3.63, 3.8) is 0 Å². The first kappa shape index (κ1) is 18.8. The van der Waals surface area contributed by atoms with E-state index >= 15 is 0 Å². The van der Waals surface area contributed by atoms with Crippen LogP contribution in [0.1, 0.15) is 0 Å². The molecule has 0 N–H and O–H groups in total. The molecule has 0 amide bonds. The topological polar surface area (TPSA) is 0 Å². The van der Waals surface area contributed by atoms with Gasteiger partial charge < -0.3 is 0 Å². The average molecular weight is 353 g/mol. The molecule has 0 aliphatic carbocycles. The Kier molecular flexibility index (Phi) is 4.63. The van der Waals surface area contributed by atoms with Gasteiger partial charge in [0.1, 0.15) is 0 Å². The molecule has 19 heavy (non-hydrogen) atoms. The molecule has 1 atom stereocenters. The first-order valence-electron chi connectivity index (χ1n) is 3.80. The second-order valence-electron chi connectivity index (χ2n) is 3.14. The summed E-state index contributed by atoms with van der Waals surface area (Å²) >= 11 is 7.31. The van der Waals surface area contributed by atoms with Gasteiger partial charge in [0.25, 0.3) is 0 Å². The Morgan fingerprint density at radius 1 is 0.632 bits per heavy atom. The zero-order chi connectivity index (χ0) is 16.1. The van der Waals surface area contributed by atoms with Crippen LogP contribution in [0, 0.1) is 0 Å². The first-order chi connectivity index (χ1) is 7.94. The van der Waals surface area contributed by atoms with Gasteiger partial charge in [0.15, 0.2) is 0 Å². The third-order valence-corrected chi connectivity index (χ3v) is 2.35. The Balaban J connectivity index is 5.92. The molecular weight excluding hydrogens is 352 g/mol. The van der Waals surface area contributed by atoms with Crippen LogP contribution in [0.3, 0.4) is 0 Å². The van der Waals surface area contributed by atoms with Gasteiger partial charge in [-0.05, 0) is 11.6 Å². The highest BCUT2D eigenvalue weighted by Gasteiger charge is 2.87. The minimum absolute atomic E-state index is 3.48. The van der Waals surface area contributed by atoms with Gasteiger partial charge in [0.2, 0.25) is 5.63 Å². The molecule has 0 aromatic rings. The van der Waals surface area contributed by atoms with E-state index in [1.54, 1.807) is 0 Å². The third-order valence-electron chi connectivity index (χ3n) is 1.84. The maximum Gasteiger partial charge on any atom is 0.393 e. The fourth-order valence-corrected chi connectivity index (χ4v) is 0.977. The summed E-state index contributed by atoms with van der Waals surface area (Å²) in [5, 5.41) is -6.30. The largest absolute Gasteiger partial charge is 0.393 e. The summed E-state index contributed by atoms with van der Waals surface area (Å²) in [4.78, 5) is 0. The standard InChI is InChI=1S/C6HCl2F11/c7-1(9)2(10,11)3(12,13)4(14,15)5(16,17)6(8,18)19/h1H. The molecule has 0 saturated heterocycles. The van der Waals surface area contributed by atoms with E-state index < -0.39 is 34.7 Å². The van der Waals surface area contributed by atoms with Crippen molar-refractivity contribution in [2.45, 2.75) is 34.7 Å². The normalized spacial score (nSPS) is 17.5. The molecule has 0 spiro atoms. The van der Waals surface area contributed by atoms with Crippen LogP contribution in [0.25, 0.3) is 0 Å². The quantitative estimate of drug-likeness (QED) is 0.488. The van der Waals surface area contributed by atoms with E-state index in [1.165, 1.54) is 0 Å². The minimum atomic E-state index is -7.38. The maximum absolute atomic E-state index is 12.6. The van der Waals surface area contributed by atoms with Crippen molar-refractivity contribution in [1.29, 1.82) is 0 Å². The van der Waals surface area contributed by atoms with Crippen molar-refractivity contribution in [3.05, 3.63) is 0 Å². The van der Waals surface area contributed by atoms with E-state index in [-0.39, 0.29) is 0 Å². The molecule has 0 bridgehead atoms. The van der Waals surface area contributed by atoms with Crippen LogP contribution >= 0.6 is 23.2 Å². The molecule has 1 unspecified atom stereocenters. The highest BCUT2D eigenvalue weighted by atomic mass is 35.5. The van der Waals surface area contributed by atoms with E-state index in [4.69, 9.17) is 0 Å². The summed E-state index contributed by atoms with van der Waals surface area (Å²) in [6.45, 7) is 0. The lowest BCUT2D eigenvalue weighted by Gasteiger charge is -2.37. The fourth-order valence-electron chi connectivity index (χ4n) is 0.722. The molecule has 0 aliphatic rings. The number of halogens is 13. The van der Waals surface area contributed by atoms with Gasteiger partial charge in [-0.25, -0.2) is 4.39 Å². The molecule has 0 heterocycles. The van der Waals surface area contributed by atoms with Crippen molar-refractivity contribution < 1.29 is 48.3 Å². The van der Waals surface area contributed by atoms with Crippen molar-refractivity contribution in [2.75, 3.05) is 0 Å². The highest BCUT2D eigenvalue weighted by molar-refractivity contribution is 6.22.